The summed E-state index contributed by atoms with van der Waals surface area (Å²) in [5.74, 6) is 0.328. The molecular formula is C21H25N5O3. The Morgan fingerprint density at radius 3 is 2.76 bits per heavy atom. The summed E-state index contributed by atoms with van der Waals surface area (Å²) in [7, 11) is 0. The van der Waals surface area contributed by atoms with E-state index in [4.69, 9.17) is 0 Å². The molecule has 0 aromatic carbocycles. The first-order chi connectivity index (χ1) is 14.2. The molecule has 0 bridgehead atoms. The lowest BCUT2D eigenvalue weighted by molar-refractivity contribution is -0.128. The van der Waals surface area contributed by atoms with Gasteiger partial charge in [-0.2, -0.15) is 0 Å². The third-order valence-electron chi connectivity index (χ3n) is 6.58. The molecule has 5 rings (SSSR count). The summed E-state index contributed by atoms with van der Waals surface area (Å²) >= 11 is 0. The second-order valence-corrected chi connectivity index (χ2v) is 8.41. The molecule has 2 aromatic rings. The first-order valence-electron chi connectivity index (χ1n) is 10.3. The number of nitrogens with one attached hydrogen (secondary N) is 1. The molecule has 4 atom stereocenters. The van der Waals surface area contributed by atoms with Crippen molar-refractivity contribution in [2.24, 2.45) is 17.8 Å². The lowest BCUT2D eigenvalue weighted by Gasteiger charge is -2.30. The number of nitrogens with zero attached hydrogens (tertiary/aromatic N) is 4. The predicted octanol–water partition coefficient (Wildman–Crippen LogP) is 0.328. The number of carbonyl (C=O) groups excluding carboxylic acids is 1. The van der Waals surface area contributed by atoms with E-state index in [9.17, 15) is 14.7 Å². The molecule has 8 nitrogen and oxygen atoms in total. The van der Waals surface area contributed by atoms with Gasteiger partial charge in [0, 0.05) is 67.8 Å². The molecule has 152 valence electrons. The quantitative estimate of drug-likeness (QED) is 0.731. The van der Waals surface area contributed by atoms with Gasteiger partial charge < -0.3 is 15.0 Å². The lowest BCUT2D eigenvalue weighted by atomic mass is 9.88. The van der Waals surface area contributed by atoms with Gasteiger partial charge in [-0.3, -0.25) is 14.5 Å². The van der Waals surface area contributed by atoms with E-state index in [1.54, 1.807) is 29.1 Å². The number of aliphatic hydroxyl groups is 1. The van der Waals surface area contributed by atoms with Gasteiger partial charge in [-0.15, -0.1) is 0 Å². The van der Waals surface area contributed by atoms with Gasteiger partial charge in [0.2, 0.25) is 5.91 Å². The van der Waals surface area contributed by atoms with Crippen LogP contribution in [-0.4, -0.2) is 49.6 Å². The molecule has 1 aliphatic carbocycles. The molecule has 1 saturated carbocycles. The number of likely N-dealkylation sites (tertiary alicyclic amines) is 1. The number of aromatic nitrogens is 3. The van der Waals surface area contributed by atoms with E-state index >= 15 is 0 Å². The van der Waals surface area contributed by atoms with Gasteiger partial charge in [-0.05, 0) is 24.8 Å². The van der Waals surface area contributed by atoms with Gasteiger partial charge >= 0.3 is 0 Å². The number of hydrogen-bond donors (Lipinski definition) is 2. The Balaban J connectivity index is 1.52. The third kappa shape index (κ3) is 3.26. The highest BCUT2D eigenvalue weighted by Gasteiger charge is 2.55. The molecule has 0 radical (unpaired) electrons. The normalized spacial score (nSPS) is 28.2. The Bertz CT molecular complexity index is 958. The van der Waals surface area contributed by atoms with Crippen LogP contribution in [-0.2, 0) is 17.9 Å². The second-order valence-electron chi connectivity index (χ2n) is 8.41. The number of rotatable bonds is 6. The maximum Gasteiger partial charge on any atom is 0.250 e. The second kappa shape index (κ2) is 7.35. The van der Waals surface area contributed by atoms with Crippen LogP contribution >= 0.6 is 0 Å². The summed E-state index contributed by atoms with van der Waals surface area (Å²) in [5.41, 5.74) is 1.78. The zero-order valence-electron chi connectivity index (χ0n) is 16.1. The average molecular weight is 395 g/mol. The molecule has 2 N–H and O–H groups in total. The van der Waals surface area contributed by atoms with Crippen molar-refractivity contribution in [3.63, 3.8) is 0 Å². The van der Waals surface area contributed by atoms with Gasteiger partial charge in [0.1, 0.15) is 6.33 Å². The van der Waals surface area contributed by atoms with Gasteiger partial charge in [-0.1, -0.05) is 6.07 Å². The molecule has 1 saturated heterocycles. The fourth-order valence-electron chi connectivity index (χ4n) is 5.03. The molecular weight excluding hydrogens is 370 g/mol. The van der Waals surface area contributed by atoms with Crippen LogP contribution in [0.25, 0.3) is 0 Å². The van der Waals surface area contributed by atoms with Crippen molar-refractivity contribution in [1.82, 2.24) is 24.8 Å². The summed E-state index contributed by atoms with van der Waals surface area (Å²) in [4.78, 5) is 35.9. The minimum atomic E-state index is -0.446. The van der Waals surface area contributed by atoms with E-state index in [2.05, 4.69) is 20.2 Å². The zero-order valence-corrected chi connectivity index (χ0v) is 16.1. The molecule has 2 aromatic heterocycles. The van der Waals surface area contributed by atoms with E-state index in [1.165, 1.54) is 19.2 Å². The first kappa shape index (κ1) is 18.4. The summed E-state index contributed by atoms with van der Waals surface area (Å²) in [6, 6.07) is 4.75. The number of hydrogen-bond acceptors (Lipinski definition) is 6. The van der Waals surface area contributed by atoms with Crippen LogP contribution < -0.4 is 10.9 Å². The number of aliphatic hydroxyl groups excluding tert-OH is 1. The molecule has 0 unspecified atom stereocenters. The van der Waals surface area contributed by atoms with Crippen LogP contribution in [0.5, 0.6) is 0 Å². The Morgan fingerprint density at radius 1 is 1.24 bits per heavy atom. The van der Waals surface area contributed by atoms with Crippen molar-refractivity contribution in [2.75, 3.05) is 13.2 Å². The van der Waals surface area contributed by atoms with Crippen molar-refractivity contribution < 1.29 is 9.90 Å². The summed E-state index contributed by atoms with van der Waals surface area (Å²) < 4.78 is 1.78. The smallest absolute Gasteiger partial charge is 0.250 e. The van der Waals surface area contributed by atoms with E-state index < -0.39 is 6.04 Å². The highest BCUT2D eigenvalue weighted by molar-refractivity contribution is 5.82. The van der Waals surface area contributed by atoms with E-state index in [-0.39, 0.29) is 36.0 Å². The maximum atomic E-state index is 13.2. The van der Waals surface area contributed by atoms with Crippen LogP contribution in [0.3, 0.4) is 0 Å². The highest BCUT2D eigenvalue weighted by Crippen LogP contribution is 2.49. The topological polar surface area (TPSA) is 100 Å². The minimum Gasteiger partial charge on any atom is -0.396 e. The fourth-order valence-corrected chi connectivity index (χ4v) is 5.03. The van der Waals surface area contributed by atoms with Crippen LogP contribution in [0.4, 0.5) is 0 Å². The van der Waals surface area contributed by atoms with Crippen molar-refractivity contribution in [1.29, 1.82) is 0 Å². The average Bonchev–Trinajstić information content (AvgIpc) is 3.41. The summed E-state index contributed by atoms with van der Waals surface area (Å²) in [6.45, 7) is 1.62. The molecule has 2 aliphatic heterocycles. The maximum absolute atomic E-state index is 13.2. The predicted molar refractivity (Wildman–Crippen MR) is 105 cm³/mol. The van der Waals surface area contributed by atoms with Crippen LogP contribution in [0.2, 0.25) is 0 Å². The summed E-state index contributed by atoms with van der Waals surface area (Å²) in [5, 5.41) is 13.3. The molecule has 4 heterocycles. The van der Waals surface area contributed by atoms with Gasteiger partial charge in [0.05, 0.1) is 12.1 Å². The highest BCUT2D eigenvalue weighted by atomic mass is 16.3. The molecule has 0 spiro atoms. The Morgan fingerprint density at radius 2 is 2.03 bits per heavy atom. The van der Waals surface area contributed by atoms with Crippen molar-refractivity contribution in [3.05, 3.63) is 58.5 Å². The largest absolute Gasteiger partial charge is 0.396 e. The van der Waals surface area contributed by atoms with Crippen molar-refractivity contribution in [3.8, 4) is 0 Å². The molecule has 8 heteroatoms. The van der Waals surface area contributed by atoms with Crippen LogP contribution in [0.1, 0.15) is 30.1 Å². The fraction of sp³-hybridized carbons (Fsp3) is 0.524. The lowest BCUT2D eigenvalue weighted by Crippen LogP contribution is -2.48. The Hall–Kier alpha value is -2.58. The van der Waals surface area contributed by atoms with Gasteiger partial charge in [0.25, 0.3) is 5.56 Å². The van der Waals surface area contributed by atoms with E-state index in [1.807, 2.05) is 6.07 Å². The first-order valence-corrected chi connectivity index (χ1v) is 10.3. The van der Waals surface area contributed by atoms with E-state index in [0.29, 0.717) is 25.6 Å². The SMILES string of the molecule is O=C(NCC1CC1)[C@H]1[C@H](CO)[C@H]2Cn3c(cccc3=O)[C@H]2N1Cc1cncnc1. The number of fused-ring (bicyclic) bond motifs is 3. The molecule has 3 aliphatic rings. The number of carbonyl (C=O) groups is 1. The molecule has 29 heavy (non-hydrogen) atoms. The van der Waals surface area contributed by atoms with Crippen LogP contribution in [0, 0.1) is 17.8 Å². The number of pyridine rings is 1. The van der Waals surface area contributed by atoms with E-state index in [0.717, 1.165) is 11.3 Å². The molecule has 2 fully saturated rings. The van der Waals surface area contributed by atoms with Gasteiger partial charge in [-0.25, -0.2) is 9.97 Å². The Kier molecular flexibility index (Phi) is 4.67. The minimum absolute atomic E-state index is 0.0106. The third-order valence-corrected chi connectivity index (χ3v) is 6.58. The Labute approximate surface area is 168 Å². The zero-order chi connectivity index (χ0) is 20.0. The summed E-state index contributed by atoms with van der Waals surface area (Å²) in [6.07, 6.45) is 7.32. The van der Waals surface area contributed by atoms with Crippen LogP contribution in [0.15, 0.2) is 41.7 Å². The van der Waals surface area contributed by atoms with Crippen molar-refractivity contribution >= 4 is 5.91 Å². The number of amides is 1. The standard InChI is InChI=1S/C21H25N5O3/c27-11-16-15-10-25-17(2-1-3-18(25)28)19(15)26(9-14-6-22-12-23-7-14)20(16)21(29)24-8-13-4-5-13/h1-3,6-7,12-13,15-16,19-20,27H,4-5,8-11H2,(H,24,29)/t15-,16-,19+,20-/m1/s1. The monoisotopic (exact) mass is 395 g/mol. The molecule has 1 amide bonds. The van der Waals surface area contributed by atoms with Crippen molar-refractivity contribution in [2.45, 2.75) is 38.0 Å². The van der Waals surface area contributed by atoms with Gasteiger partial charge in [0.15, 0.2) is 0 Å².